The highest BCUT2D eigenvalue weighted by Crippen LogP contribution is 2.12. The number of hydrogen-bond donors (Lipinski definition) is 2. The molecule has 3 heteroatoms. The highest BCUT2D eigenvalue weighted by atomic mass is 16.5. The minimum atomic E-state index is 0.178. The Kier molecular flexibility index (Phi) is 6.67. The lowest BCUT2D eigenvalue weighted by Gasteiger charge is -2.09. The summed E-state index contributed by atoms with van der Waals surface area (Å²) in [6.45, 7) is 7.08. The van der Waals surface area contributed by atoms with Crippen LogP contribution in [0.2, 0.25) is 0 Å². The monoisotopic (exact) mass is 237 g/mol. The van der Waals surface area contributed by atoms with Gasteiger partial charge in [0, 0.05) is 19.6 Å². The number of rotatable bonds is 8. The Morgan fingerprint density at radius 3 is 2.53 bits per heavy atom. The number of ether oxygens (including phenoxy) is 1. The summed E-state index contributed by atoms with van der Waals surface area (Å²) in [5.74, 6) is 1.54. The number of hydrogen-bond acceptors (Lipinski definition) is 3. The Morgan fingerprint density at radius 1 is 1.24 bits per heavy atom. The molecule has 0 aliphatic heterocycles. The highest BCUT2D eigenvalue weighted by molar-refractivity contribution is 5.27. The fraction of sp³-hybridized carbons (Fsp3) is 0.571. The van der Waals surface area contributed by atoms with Crippen LogP contribution in [0.25, 0.3) is 0 Å². The third-order valence-electron chi connectivity index (χ3n) is 2.38. The lowest BCUT2D eigenvalue weighted by atomic mass is 10.2. The average molecular weight is 237 g/mol. The lowest BCUT2D eigenvalue weighted by Crippen LogP contribution is -2.18. The molecular weight excluding hydrogens is 214 g/mol. The summed E-state index contributed by atoms with van der Waals surface area (Å²) in [5, 5.41) is 12.0. The average Bonchev–Trinajstić information content (AvgIpc) is 2.31. The van der Waals surface area contributed by atoms with Crippen LogP contribution in [0.4, 0.5) is 0 Å². The van der Waals surface area contributed by atoms with E-state index in [0.29, 0.717) is 18.9 Å². The molecule has 1 aromatic carbocycles. The minimum absolute atomic E-state index is 0.178. The van der Waals surface area contributed by atoms with Crippen molar-refractivity contribution < 1.29 is 9.84 Å². The summed E-state index contributed by atoms with van der Waals surface area (Å²) in [7, 11) is 0. The summed E-state index contributed by atoms with van der Waals surface area (Å²) in [6, 6.07) is 8.09. The SMILES string of the molecule is CC(C)CNCc1ccc(OCCCO)cc1. The maximum absolute atomic E-state index is 8.64. The second kappa shape index (κ2) is 8.09. The number of benzene rings is 1. The molecule has 0 atom stereocenters. The van der Waals surface area contributed by atoms with E-state index in [1.54, 1.807) is 0 Å². The summed E-state index contributed by atoms with van der Waals surface area (Å²) >= 11 is 0. The topological polar surface area (TPSA) is 41.5 Å². The van der Waals surface area contributed by atoms with Crippen molar-refractivity contribution in [2.24, 2.45) is 5.92 Å². The van der Waals surface area contributed by atoms with E-state index in [1.165, 1.54) is 5.56 Å². The standard InChI is InChI=1S/C14H23NO2/c1-12(2)10-15-11-13-4-6-14(7-5-13)17-9-3-8-16/h4-7,12,15-16H,3,8-11H2,1-2H3. The van der Waals surface area contributed by atoms with Crippen LogP contribution in [0, 0.1) is 5.92 Å². The van der Waals surface area contributed by atoms with Gasteiger partial charge in [-0.1, -0.05) is 26.0 Å². The molecule has 17 heavy (non-hydrogen) atoms. The Labute approximate surface area is 104 Å². The molecule has 0 bridgehead atoms. The van der Waals surface area contributed by atoms with Crippen molar-refractivity contribution in [1.29, 1.82) is 0 Å². The Balaban J connectivity index is 2.29. The number of nitrogens with one attached hydrogen (secondary N) is 1. The summed E-state index contributed by atoms with van der Waals surface area (Å²) in [6.07, 6.45) is 0.678. The molecule has 0 aliphatic rings. The molecule has 0 unspecified atom stereocenters. The van der Waals surface area contributed by atoms with Crippen LogP contribution in [0.1, 0.15) is 25.8 Å². The zero-order chi connectivity index (χ0) is 12.5. The van der Waals surface area contributed by atoms with Crippen LogP contribution < -0.4 is 10.1 Å². The molecule has 96 valence electrons. The van der Waals surface area contributed by atoms with Crippen LogP contribution in [0.5, 0.6) is 5.75 Å². The first-order valence-corrected chi connectivity index (χ1v) is 6.25. The van der Waals surface area contributed by atoms with Gasteiger partial charge in [0.2, 0.25) is 0 Å². The maximum Gasteiger partial charge on any atom is 0.119 e. The van der Waals surface area contributed by atoms with E-state index in [0.717, 1.165) is 18.8 Å². The van der Waals surface area contributed by atoms with Crippen LogP contribution in [-0.4, -0.2) is 24.9 Å². The van der Waals surface area contributed by atoms with Gasteiger partial charge in [-0.2, -0.15) is 0 Å². The van der Waals surface area contributed by atoms with Gasteiger partial charge in [-0.15, -0.1) is 0 Å². The van der Waals surface area contributed by atoms with E-state index in [9.17, 15) is 0 Å². The second-order valence-corrected chi connectivity index (χ2v) is 4.59. The van der Waals surface area contributed by atoms with Gasteiger partial charge >= 0.3 is 0 Å². The molecule has 0 spiro atoms. The highest BCUT2D eigenvalue weighted by Gasteiger charge is 1.97. The Hall–Kier alpha value is -1.06. The minimum Gasteiger partial charge on any atom is -0.494 e. The van der Waals surface area contributed by atoms with Gasteiger partial charge in [0.25, 0.3) is 0 Å². The Bertz CT molecular complexity index is 296. The van der Waals surface area contributed by atoms with E-state index in [1.807, 2.05) is 12.1 Å². The number of aliphatic hydroxyl groups excluding tert-OH is 1. The number of aliphatic hydroxyl groups is 1. The molecule has 1 aromatic rings. The fourth-order valence-electron chi connectivity index (χ4n) is 1.46. The first-order chi connectivity index (χ1) is 8.22. The van der Waals surface area contributed by atoms with Crippen molar-refractivity contribution >= 4 is 0 Å². The van der Waals surface area contributed by atoms with Crippen molar-refractivity contribution in [1.82, 2.24) is 5.32 Å². The zero-order valence-electron chi connectivity index (χ0n) is 10.8. The van der Waals surface area contributed by atoms with Crippen molar-refractivity contribution in [2.75, 3.05) is 19.8 Å². The van der Waals surface area contributed by atoms with Gasteiger partial charge in [0.15, 0.2) is 0 Å². The van der Waals surface area contributed by atoms with Crippen molar-refractivity contribution in [3.05, 3.63) is 29.8 Å². The van der Waals surface area contributed by atoms with Gasteiger partial charge in [-0.05, 0) is 30.2 Å². The molecule has 0 heterocycles. The van der Waals surface area contributed by atoms with E-state index in [2.05, 4.69) is 31.3 Å². The predicted molar refractivity (Wildman–Crippen MR) is 70.2 cm³/mol. The van der Waals surface area contributed by atoms with Crippen molar-refractivity contribution in [3.8, 4) is 5.75 Å². The van der Waals surface area contributed by atoms with Crippen LogP contribution >= 0.6 is 0 Å². The summed E-state index contributed by atoms with van der Waals surface area (Å²) in [4.78, 5) is 0. The molecular formula is C14H23NO2. The third-order valence-corrected chi connectivity index (χ3v) is 2.38. The molecule has 0 radical (unpaired) electrons. The largest absolute Gasteiger partial charge is 0.494 e. The van der Waals surface area contributed by atoms with Gasteiger partial charge in [0.1, 0.15) is 5.75 Å². The quantitative estimate of drug-likeness (QED) is 0.681. The van der Waals surface area contributed by atoms with Crippen LogP contribution in [0.15, 0.2) is 24.3 Å². The van der Waals surface area contributed by atoms with Crippen LogP contribution in [-0.2, 0) is 6.54 Å². The molecule has 2 N–H and O–H groups in total. The van der Waals surface area contributed by atoms with Gasteiger partial charge in [-0.3, -0.25) is 0 Å². The van der Waals surface area contributed by atoms with Crippen LogP contribution in [0.3, 0.4) is 0 Å². The summed E-state index contributed by atoms with van der Waals surface area (Å²) < 4.78 is 5.46. The smallest absolute Gasteiger partial charge is 0.119 e. The van der Waals surface area contributed by atoms with Gasteiger partial charge in [0.05, 0.1) is 6.61 Å². The predicted octanol–water partition coefficient (Wildman–Crippen LogP) is 2.19. The fourth-order valence-corrected chi connectivity index (χ4v) is 1.46. The van der Waals surface area contributed by atoms with E-state index in [-0.39, 0.29) is 6.61 Å². The molecule has 1 rings (SSSR count). The first kappa shape index (κ1) is 14.0. The van der Waals surface area contributed by atoms with Gasteiger partial charge in [-0.25, -0.2) is 0 Å². The molecule has 0 saturated carbocycles. The van der Waals surface area contributed by atoms with Crippen molar-refractivity contribution in [3.63, 3.8) is 0 Å². The Morgan fingerprint density at radius 2 is 1.94 bits per heavy atom. The molecule has 0 amide bonds. The lowest BCUT2D eigenvalue weighted by molar-refractivity contribution is 0.233. The van der Waals surface area contributed by atoms with E-state index >= 15 is 0 Å². The zero-order valence-corrected chi connectivity index (χ0v) is 10.8. The maximum atomic E-state index is 8.64. The third kappa shape index (κ3) is 6.29. The molecule has 0 saturated heterocycles. The molecule has 0 aromatic heterocycles. The molecule has 0 aliphatic carbocycles. The molecule has 0 fully saturated rings. The summed E-state index contributed by atoms with van der Waals surface area (Å²) in [5.41, 5.74) is 1.26. The van der Waals surface area contributed by atoms with E-state index < -0.39 is 0 Å². The van der Waals surface area contributed by atoms with Crippen molar-refractivity contribution in [2.45, 2.75) is 26.8 Å². The normalized spacial score (nSPS) is 10.8. The van der Waals surface area contributed by atoms with Gasteiger partial charge < -0.3 is 15.2 Å². The molecule has 3 nitrogen and oxygen atoms in total. The van der Waals surface area contributed by atoms with E-state index in [4.69, 9.17) is 9.84 Å². The second-order valence-electron chi connectivity index (χ2n) is 4.59. The first-order valence-electron chi connectivity index (χ1n) is 6.25.